The molecule has 0 aliphatic heterocycles. The third kappa shape index (κ3) is 4.40. The maximum Gasteiger partial charge on any atom is 0.352 e. The van der Waals surface area contributed by atoms with Gasteiger partial charge in [-0.05, 0) is 31.5 Å². The molecular weight excluding hydrogens is 342 g/mol. The van der Waals surface area contributed by atoms with Gasteiger partial charge in [-0.15, -0.1) is 0 Å². The third-order valence-corrected chi connectivity index (χ3v) is 5.45. The number of carboxylic acids is 1. The molecule has 0 amide bonds. The van der Waals surface area contributed by atoms with Gasteiger partial charge >= 0.3 is 5.97 Å². The number of hydrogen-bond donors (Lipinski definition) is 2. The van der Waals surface area contributed by atoms with Crippen LogP contribution in [0.3, 0.4) is 0 Å². The quantitative estimate of drug-likeness (QED) is 0.745. The van der Waals surface area contributed by atoms with E-state index in [1.54, 1.807) is 0 Å². The van der Waals surface area contributed by atoms with Crippen LogP contribution in [0, 0.1) is 6.92 Å². The molecule has 0 aliphatic carbocycles. The lowest BCUT2D eigenvalue weighted by molar-refractivity contribution is 0.0686. The Labute approximate surface area is 147 Å². The first-order chi connectivity index (χ1) is 11.8. The van der Waals surface area contributed by atoms with E-state index < -0.39 is 16.0 Å². The molecule has 0 saturated carbocycles. The summed E-state index contributed by atoms with van der Waals surface area (Å²) in [7, 11) is -2.25. The number of carboxylic acid groups (broad SMARTS) is 1. The van der Waals surface area contributed by atoms with Crippen molar-refractivity contribution in [2.24, 2.45) is 7.05 Å². The van der Waals surface area contributed by atoms with Crippen LogP contribution >= 0.6 is 0 Å². The van der Waals surface area contributed by atoms with Crippen molar-refractivity contribution in [2.45, 2.75) is 18.7 Å². The van der Waals surface area contributed by atoms with Crippen LogP contribution < -0.4 is 9.62 Å². The summed E-state index contributed by atoms with van der Waals surface area (Å²) in [4.78, 5) is 13.1. The number of nitrogens with one attached hydrogen (secondary N) is 1. The Hall–Kier alpha value is -2.32. The molecule has 0 atom stereocenters. The number of anilines is 1. The van der Waals surface area contributed by atoms with Gasteiger partial charge in [-0.25, -0.2) is 17.9 Å². The lowest BCUT2D eigenvalue weighted by Gasteiger charge is -2.25. The highest BCUT2D eigenvalue weighted by molar-refractivity contribution is 7.89. The summed E-state index contributed by atoms with van der Waals surface area (Å²) in [5.41, 5.74) is 2.12. The average Bonchev–Trinajstić information content (AvgIpc) is 2.95. The number of rotatable bonds is 8. The molecule has 2 aromatic rings. The van der Waals surface area contributed by atoms with Gasteiger partial charge in [-0.3, -0.25) is 0 Å². The fourth-order valence-corrected chi connectivity index (χ4v) is 3.75. The van der Waals surface area contributed by atoms with E-state index in [1.165, 1.54) is 17.8 Å². The monoisotopic (exact) mass is 365 g/mol. The maximum atomic E-state index is 12.4. The average molecular weight is 365 g/mol. The van der Waals surface area contributed by atoms with E-state index in [4.69, 9.17) is 5.11 Å². The Morgan fingerprint density at radius 3 is 2.56 bits per heavy atom. The second-order valence-electron chi connectivity index (χ2n) is 5.74. The second kappa shape index (κ2) is 7.71. The zero-order chi connectivity index (χ0) is 18.6. The maximum absolute atomic E-state index is 12.4. The number of likely N-dealkylation sites (N-methyl/N-ethyl adjacent to an activating group) is 1. The minimum Gasteiger partial charge on any atom is -0.477 e. The Morgan fingerprint density at radius 1 is 1.32 bits per heavy atom. The van der Waals surface area contributed by atoms with Crippen LogP contribution in [-0.2, 0) is 17.1 Å². The van der Waals surface area contributed by atoms with Crippen molar-refractivity contribution in [2.75, 3.05) is 24.5 Å². The lowest BCUT2D eigenvalue weighted by Crippen LogP contribution is -2.35. The van der Waals surface area contributed by atoms with Gasteiger partial charge in [0.15, 0.2) is 0 Å². The lowest BCUT2D eigenvalue weighted by atomic mass is 10.2. The highest BCUT2D eigenvalue weighted by atomic mass is 32.2. The van der Waals surface area contributed by atoms with Crippen molar-refractivity contribution in [1.82, 2.24) is 9.29 Å². The van der Waals surface area contributed by atoms with Gasteiger partial charge in [0, 0.05) is 38.6 Å². The molecule has 25 heavy (non-hydrogen) atoms. The molecule has 0 saturated heterocycles. The second-order valence-corrected chi connectivity index (χ2v) is 7.51. The molecule has 136 valence electrons. The molecule has 0 aliphatic rings. The molecule has 2 N–H and O–H groups in total. The summed E-state index contributed by atoms with van der Waals surface area (Å²) in [6, 6.07) is 9.09. The minimum atomic E-state index is -3.75. The SMILES string of the molecule is CCN(CCNS(=O)(=O)c1cc(C(=O)O)n(C)c1)c1ccccc1C. The van der Waals surface area contributed by atoms with Gasteiger partial charge in [0.25, 0.3) is 0 Å². The molecule has 0 bridgehead atoms. The molecule has 8 heteroatoms. The summed E-state index contributed by atoms with van der Waals surface area (Å²) in [6.45, 7) is 5.51. The largest absolute Gasteiger partial charge is 0.477 e. The zero-order valence-electron chi connectivity index (χ0n) is 14.6. The van der Waals surface area contributed by atoms with Crippen LogP contribution in [0.5, 0.6) is 0 Å². The number of para-hydroxylation sites is 1. The molecule has 1 aromatic heterocycles. The number of aromatic nitrogens is 1. The zero-order valence-corrected chi connectivity index (χ0v) is 15.4. The molecule has 1 aromatic carbocycles. The van der Waals surface area contributed by atoms with E-state index >= 15 is 0 Å². The summed E-state index contributed by atoms with van der Waals surface area (Å²) in [5, 5.41) is 9.03. The van der Waals surface area contributed by atoms with E-state index in [1.807, 2.05) is 38.1 Å². The molecule has 1 heterocycles. The molecular formula is C17H23N3O4S. The number of aryl methyl sites for hydroxylation is 2. The van der Waals surface area contributed by atoms with Crippen LogP contribution in [0.15, 0.2) is 41.4 Å². The Balaban J connectivity index is 2.06. The predicted octanol–water partition coefficient (Wildman–Crippen LogP) is 1.84. The summed E-state index contributed by atoms with van der Waals surface area (Å²) in [5.74, 6) is -1.17. The van der Waals surface area contributed by atoms with E-state index in [0.29, 0.717) is 6.54 Å². The van der Waals surface area contributed by atoms with Gasteiger partial charge in [-0.2, -0.15) is 0 Å². The number of aromatic carboxylic acids is 1. The fourth-order valence-electron chi connectivity index (χ4n) is 2.66. The minimum absolute atomic E-state index is 0.0497. The van der Waals surface area contributed by atoms with Crippen molar-refractivity contribution in [3.63, 3.8) is 0 Å². The number of nitrogens with zero attached hydrogens (tertiary/aromatic N) is 2. The van der Waals surface area contributed by atoms with Gasteiger partial charge in [0.05, 0.1) is 0 Å². The van der Waals surface area contributed by atoms with Crippen molar-refractivity contribution in [1.29, 1.82) is 0 Å². The number of benzene rings is 1. The van der Waals surface area contributed by atoms with Crippen LogP contribution in [0.4, 0.5) is 5.69 Å². The molecule has 0 radical (unpaired) electrons. The van der Waals surface area contributed by atoms with Gasteiger partial charge in [0.1, 0.15) is 10.6 Å². The summed E-state index contributed by atoms with van der Waals surface area (Å²) >= 11 is 0. The highest BCUT2D eigenvalue weighted by Gasteiger charge is 2.20. The topological polar surface area (TPSA) is 91.6 Å². The molecule has 0 unspecified atom stereocenters. The number of carbonyl (C=O) groups is 1. The highest BCUT2D eigenvalue weighted by Crippen LogP contribution is 2.19. The first-order valence-electron chi connectivity index (χ1n) is 7.96. The van der Waals surface area contributed by atoms with Crippen molar-refractivity contribution < 1.29 is 18.3 Å². The van der Waals surface area contributed by atoms with Gasteiger partial charge in [0.2, 0.25) is 10.0 Å². The van der Waals surface area contributed by atoms with E-state index in [2.05, 4.69) is 9.62 Å². The first-order valence-corrected chi connectivity index (χ1v) is 9.44. The van der Waals surface area contributed by atoms with E-state index in [0.717, 1.165) is 23.9 Å². The molecule has 2 rings (SSSR count). The Kier molecular flexibility index (Phi) is 5.86. The fraction of sp³-hybridized carbons (Fsp3) is 0.353. The standard InChI is InChI=1S/C17H23N3O4S/c1-4-20(15-8-6-5-7-13(15)2)10-9-18-25(23,24)14-11-16(17(21)22)19(3)12-14/h5-8,11-12,18H,4,9-10H2,1-3H3,(H,21,22). The first kappa shape index (κ1) is 19.0. The number of sulfonamides is 1. The summed E-state index contributed by atoms with van der Waals surface area (Å²) < 4.78 is 28.5. The molecule has 7 nitrogen and oxygen atoms in total. The van der Waals surface area contributed by atoms with Crippen LogP contribution in [0.2, 0.25) is 0 Å². The van der Waals surface area contributed by atoms with E-state index in [9.17, 15) is 13.2 Å². The van der Waals surface area contributed by atoms with Crippen LogP contribution in [-0.4, -0.2) is 43.7 Å². The summed E-state index contributed by atoms with van der Waals surface area (Å²) in [6.07, 6.45) is 1.30. The van der Waals surface area contributed by atoms with Gasteiger partial charge in [-0.1, -0.05) is 18.2 Å². The normalized spacial score (nSPS) is 11.5. The Morgan fingerprint density at radius 2 is 2.00 bits per heavy atom. The van der Waals surface area contributed by atoms with E-state index in [-0.39, 0.29) is 17.1 Å². The van der Waals surface area contributed by atoms with Gasteiger partial charge < -0.3 is 14.6 Å². The number of hydrogen-bond acceptors (Lipinski definition) is 4. The van der Waals surface area contributed by atoms with Crippen molar-refractivity contribution >= 4 is 21.7 Å². The third-order valence-electron chi connectivity index (χ3n) is 4.02. The molecule has 0 spiro atoms. The Bertz CT molecular complexity index is 859. The van der Waals surface area contributed by atoms with Crippen LogP contribution in [0.1, 0.15) is 23.0 Å². The smallest absolute Gasteiger partial charge is 0.352 e. The predicted molar refractivity (Wildman–Crippen MR) is 96.6 cm³/mol. The van der Waals surface area contributed by atoms with Crippen LogP contribution in [0.25, 0.3) is 0 Å². The van der Waals surface area contributed by atoms with Crippen molar-refractivity contribution in [3.05, 3.63) is 47.8 Å². The molecule has 0 fully saturated rings. The van der Waals surface area contributed by atoms with Crippen molar-refractivity contribution in [3.8, 4) is 0 Å².